The number of anilines is 2. The minimum Gasteiger partial charge on any atom is -0.354 e. The van der Waals surface area contributed by atoms with Crippen LogP contribution >= 0.6 is 11.8 Å². The maximum atomic E-state index is 12.8. The Kier molecular flexibility index (Phi) is 6.83. The van der Waals surface area contributed by atoms with Gasteiger partial charge >= 0.3 is 0 Å². The molecule has 10 heteroatoms. The van der Waals surface area contributed by atoms with Crippen LogP contribution in [0.3, 0.4) is 0 Å². The summed E-state index contributed by atoms with van der Waals surface area (Å²) in [6.07, 6.45) is 1.68. The van der Waals surface area contributed by atoms with E-state index >= 15 is 0 Å². The molecule has 1 N–H and O–H groups in total. The summed E-state index contributed by atoms with van der Waals surface area (Å²) in [5.74, 6) is 1.76. The van der Waals surface area contributed by atoms with Crippen LogP contribution in [0.1, 0.15) is 29.3 Å². The van der Waals surface area contributed by atoms with E-state index in [0.29, 0.717) is 22.3 Å². The molecular formula is C25H29N7O2S. The van der Waals surface area contributed by atoms with Crippen molar-refractivity contribution >= 4 is 29.3 Å². The predicted molar refractivity (Wildman–Crippen MR) is 137 cm³/mol. The Balaban J connectivity index is 1.18. The van der Waals surface area contributed by atoms with E-state index in [0.717, 1.165) is 44.2 Å². The van der Waals surface area contributed by atoms with Crippen molar-refractivity contribution < 1.29 is 4.79 Å². The lowest BCUT2D eigenvalue weighted by atomic mass is 10.2. The number of benzene rings is 1. The fourth-order valence-electron chi connectivity index (χ4n) is 4.50. The van der Waals surface area contributed by atoms with E-state index in [-0.39, 0.29) is 23.9 Å². The molecule has 1 aromatic carbocycles. The highest BCUT2D eigenvalue weighted by Gasteiger charge is 2.29. The Labute approximate surface area is 208 Å². The first-order chi connectivity index (χ1) is 17.0. The third-order valence-corrected chi connectivity index (χ3v) is 7.71. The minimum atomic E-state index is -0.215. The summed E-state index contributed by atoms with van der Waals surface area (Å²) >= 11 is 1.52. The summed E-state index contributed by atoms with van der Waals surface area (Å²) < 4.78 is 1.66. The van der Waals surface area contributed by atoms with Crippen LogP contribution in [0.15, 0.2) is 52.7 Å². The Morgan fingerprint density at radius 1 is 1.11 bits per heavy atom. The molecule has 1 atom stereocenters. The minimum absolute atomic E-state index is 0.0639. The molecule has 2 aromatic heterocycles. The molecular weight excluding hydrogens is 462 g/mol. The zero-order chi connectivity index (χ0) is 24.4. The van der Waals surface area contributed by atoms with Crippen molar-refractivity contribution in [2.75, 3.05) is 42.1 Å². The molecule has 2 aliphatic heterocycles. The van der Waals surface area contributed by atoms with Gasteiger partial charge in [-0.05, 0) is 19.4 Å². The molecule has 1 unspecified atom stereocenters. The van der Waals surface area contributed by atoms with E-state index in [4.69, 9.17) is 0 Å². The lowest BCUT2D eigenvalue weighted by Gasteiger charge is -2.35. The molecule has 1 fully saturated rings. The van der Waals surface area contributed by atoms with Gasteiger partial charge in [0.25, 0.3) is 5.56 Å². The summed E-state index contributed by atoms with van der Waals surface area (Å²) in [4.78, 5) is 43.4. The van der Waals surface area contributed by atoms with Crippen molar-refractivity contribution in [2.24, 2.45) is 0 Å². The van der Waals surface area contributed by atoms with Crippen LogP contribution < -0.4 is 15.8 Å². The zero-order valence-electron chi connectivity index (χ0n) is 20.0. The van der Waals surface area contributed by atoms with Gasteiger partial charge in [0.2, 0.25) is 5.91 Å². The first-order valence-electron chi connectivity index (χ1n) is 11.8. The number of aromatic nitrogens is 4. The Morgan fingerprint density at radius 3 is 2.66 bits per heavy atom. The second-order valence-electron chi connectivity index (χ2n) is 9.01. The van der Waals surface area contributed by atoms with E-state index in [1.54, 1.807) is 11.5 Å². The number of carbonyl (C=O) groups excluding carboxylic acids is 1. The van der Waals surface area contributed by atoms with Crippen LogP contribution in [0.5, 0.6) is 0 Å². The van der Waals surface area contributed by atoms with Gasteiger partial charge in [-0.2, -0.15) is 0 Å². The molecule has 2 aliphatic rings. The highest BCUT2D eigenvalue weighted by atomic mass is 32.2. The van der Waals surface area contributed by atoms with Gasteiger partial charge in [0.15, 0.2) is 5.16 Å². The van der Waals surface area contributed by atoms with Gasteiger partial charge in [-0.3, -0.25) is 19.1 Å². The molecule has 1 saturated heterocycles. The van der Waals surface area contributed by atoms with Crippen LogP contribution in [-0.2, 0) is 11.3 Å². The van der Waals surface area contributed by atoms with E-state index < -0.39 is 0 Å². The van der Waals surface area contributed by atoms with Gasteiger partial charge in [-0.1, -0.05) is 42.1 Å². The monoisotopic (exact) mass is 491 g/mol. The first kappa shape index (κ1) is 23.5. The molecule has 0 radical (unpaired) electrons. The van der Waals surface area contributed by atoms with Gasteiger partial charge in [-0.25, -0.2) is 15.0 Å². The number of hydrogen-bond donors (Lipinski definition) is 1. The topological polar surface area (TPSA) is 96.2 Å². The third kappa shape index (κ3) is 5.23. The van der Waals surface area contributed by atoms with Crippen LogP contribution in [0.25, 0.3) is 0 Å². The molecule has 9 nitrogen and oxygen atoms in total. The second-order valence-corrected chi connectivity index (χ2v) is 9.99. The number of rotatable bonds is 6. The molecule has 0 aliphatic carbocycles. The Morgan fingerprint density at radius 2 is 1.89 bits per heavy atom. The molecule has 0 bridgehead atoms. The van der Waals surface area contributed by atoms with Crippen molar-refractivity contribution in [3.8, 4) is 0 Å². The summed E-state index contributed by atoms with van der Waals surface area (Å²) in [6, 6.07) is 12.1. The fraction of sp³-hybridized carbons (Fsp3) is 0.400. The van der Waals surface area contributed by atoms with E-state index in [9.17, 15) is 9.59 Å². The highest BCUT2D eigenvalue weighted by molar-refractivity contribution is 7.99. The number of amides is 1. The molecule has 182 valence electrons. The number of hydrogen-bond acceptors (Lipinski definition) is 8. The zero-order valence-corrected chi connectivity index (χ0v) is 20.8. The molecule has 0 spiro atoms. The van der Waals surface area contributed by atoms with Crippen molar-refractivity contribution in [3.63, 3.8) is 0 Å². The highest BCUT2D eigenvalue weighted by Crippen LogP contribution is 2.32. The lowest BCUT2D eigenvalue weighted by molar-refractivity contribution is -0.116. The maximum absolute atomic E-state index is 12.8. The molecule has 35 heavy (non-hydrogen) atoms. The van der Waals surface area contributed by atoms with Crippen LogP contribution in [0.2, 0.25) is 0 Å². The van der Waals surface area contributed by atoms with Crippen LogP contribution in [0.4, 0.5) is 11.6 Å². The van der Waals surface area contributed by atoms with E-state index in [1.165, 1.54) is 23.7 Å². The normalized spacial score (nSPS) is 17.9. The number of nitrogens with zero attached hydrogens (tertiary/aromatic N) is 6. The van der Waals surface area contributed by atoms with Crippen LogP contribution in [0, 0.1) is 13.8 Å². The summed E-state index contributed by atoms with van der Waals surface area (Å²) in [5.41, 5.74) is 2.63. The van der Waals surface area contributed by atoms with Crippen molar-refractivity contribution in [1.29, 1.82) is 0 Å². The number of fused-ring (bicyclic) bond motifs is 1. The average molecular weight is 492 g/mol. The SMILES string of the molecule is Cc1nc2n(c(=O)c1C)C(CC(=O)Nc1cc(N3CCN(Cc4ccccc4)CC3)ncn1)CS2. The molecule has 5 rings (SSSR count). The summed E-state index contributed by atoms with van der Waals surface area (Å²) in [7, 11) is 0. The Bertz CT molecular complexity index is 1270. The van der Waals surface area contributed by atoms with Crippen molar-refractivity contribution in [2.45, 2.75) is 38.0 Å². The molecule has 3 aromatic rings. The van der Waals surface area contributed by atoms with E-state index in [1.807, 2.05) is 19.1 Å². The molecule has 4 heterocycles. The van der Waals surface area contributed by atoms with Gasteiger partial charge in [0, 0.05) is 62.2 Å². The quantitative estimate of drug-likeness (QED) is 0.526. The van der Waals surface area contributed by atoms with E-state index in [2.05, 4.69) is 54.3 Å². The molecule has 0 saturated carbocycles. The predicted octanol–water partition coefficient (Wildman–Crippen LogP) is 2.65. The number of carbonyl (C=O) groups is 1. The number of piperazine rings is 1. The number of thioether (sulfide) groups is 1. The fourth-order valence-corrected chi connectivity index (χ4v) is 5.68. The summed E-state index contributed by atoms with van der Waals surface area (Å²) in [6.45, 7) is 8.18. The maximum Gasteiger partial charge on any atom is 0.257 e. The average Bonchev–Trinajstić information content (AvgIpc) is 3.26. The van der Waals surface area contributed by atoms with Gasteiger partial charge in [-0.15, -0.1) is 0 Å². The summed E-state index contributed by atoms with van der Waals surface area (Å²) in [5, 5.41) is 3.58. The third-order valence-electron chi connectivity index (χ3n) is 6.61. The Hall–Kier alpha value is -3.24. The van der Waals surface area contributed by atoms with Gasteiger partial charge in [0.1, 0.15) is 18.0 Å². The number of nitrogens with one attached hydrogen (secondary N) is 1. The van der Waals surface area contributed by atoms with Crippen molar-refractivity contribution in [1.82, 2.24) is 24.4 Å². The molecule has 1 amide bonds. The van der Waals surface area contributed by atoms with Gasteiger partial charge in [0.05, 0.1) is 6.04 Å². The standard InChI is InChI=1S/C25H29N7O2S/c1-17-18(2)28-25-32(24(17)34)20(15-35-25)12-23(33)29-21-13-22(27-16-26-21)31-10-8-30(9-11-31)14-19-6-4-3-5-7-19/h3-7,13,16,20H,8-12,14-15H2,1-2H3,(H,26,27,29,33). The first-order valence-corrected chi connectivity index (χ1v) is 12.8. The van der Waals surface area contributed by atoms with Gasteiger partial charge < -0.3 is 10.2 Å². The lowest BCUT2D eigenvalue weighted by Crippen LogP contribution is -2.46. The largest absolute Gasteiger partial charge is 0.354 e. The smallest absolute Gasteiger partial charge is 0.257 e. The second kappa shape index (κ2) is 10.2. The van der Waals surface area contributed by atoms with Crippen LogP contribution in [-0.4, -0.2) is 62.3 Å². The van der Waals surface area contributed by atoms with Crippen molar-refractivity contribution in [3.05, 3.63) is 69.9 Å². The number of aryl methyl sites for hydroxylation is 1.